The zero-order valence-electron chi connectivity index (χ0n) is 13.7. The van der Waals surface area contributed by atoms with Gasteiger partial charge >= 0.3 is 0 Å². The topological polar surface area (TPSA) is 75.3 Å². The quantitative estimate of drug-likeness (QED) is 0.561. The van der Waals surface area contributed by atoms with Gasteiger partial charge < -0.3 is 9.80 Å². The maximum Gasteiger partial charge on any atom is 0.177 e. The summed E-state index contributed by atoms with van der Waals surface area (Å²) < 4.78 is 1.70. The van der Waals surface area contributed by atoms with Gasteiger partial charge in [0.1, 0.15) is 24.3 Å². The predicted octanol–water partition coefficient (Wildman–Crippen LogP) is 1.39. The summed E-state index contributed by atoms with van der Waals surface area (Å²) in [6, 6.07) is 12.4. The zero-order valence-corrected chi connectivity index (χ0v) is 13.7. The molecule has 0 amide bonds. The van der Waals surface area contributed by atoms with E-state index in [0.29, 0.717) is 6.04 Å². The normalized spacial score (nSPS) is 14.8. The highest BCUT2D eigenvalue weighted by Crippen LogP contribution is 2.28. The lowest BCUT2D eigenvalue weighted by Crippen LogP contribution is -2.59. The third-order valence-corrected chi connectivity index (χ3v) is 4.74. The molecule has 5 rings (SSSR count). The van der Waals surface area contributed by atoms with Crippen LogP contribution in [0.5, 0.6) is 0 Å². The van der Waals surface area contributed by atoms with Gasteiger partial charge in [-0.25, -0.2) is 9.97 Å². The summed E-state index contributed by atoms with van der Waals surface area (Å²) in [5.74, 6) is 1.90. The lowest BCUT2D eigenvalue weighted by molar-refractivity contribution is 0.488. The van der Waals surface area contributed by atoms with E-state index in [1.165, 1.54) is 0 Å². The summed E-state index contributed by atoms with van der Waals surface area (Å²) in [7, 11) is 2.09. The molecule has 1 saturated heterocycles. The standard InChI is InChI=1S/C17H16N8/c1-23(17-13-4-2-3-5-14(13)18-10-19-17)12-8-24(9-12)16-7-6-15-21-20-11-25(15)22-16/h2-7,10-12H,8-9H2,1H3. The summed E-state index contributed by atoms with van der Waals surface area (Å²) in [6.45, 7) is 1.80. The number of benzene rings is 1. The molecule has 0 aliphatic carbocycles. The fraction of sp³-hybridized carbons (Fsp3) is 0.235. The van der Waals surface area contributed by atoms with Gasteiger partial charge in [-0.15, -0.1) is 15.3 Å². The third kappa shape index (κ3) is 2.25. The lowest BCUT2D eigenvalue weighted by atomic mass is 10.1. The molecule has 1 fully saturated rings. The molecule has 25 heavy (non-hydrogen) atoms. The molecule has 0 unspecified atom stereocenters. The largest absolute Gasteiger partial charge is 0.353 e. The fourth-order valence-electron chi connectivity index (χ4n) is 3.22. The first-order valence-electron chi connectivity index (χ1n) is 8.14. The van der Waals surface area contributed by atoms with Gasteiger partial charge in [0.25, 0.3) is 0 Å². The van der Waals surface area contributed by atoms with Crippen LogP contribution in [0.2, 0.25) is 0 Å². The number of aromatic nitrogens is 6. The average Bonchev–Trinajstić information content (AvgIpc) is 3.07. The van der Waals surface area contributed by atoms with Crippen molar-refractivity contribution in [2.75, 3.05) is 29.9 Å². The van der Waals surface area contributed by atoms with E-state index in [2.05, 4.69) is 48.2 Å². The van der Waals surface area contributed by atoms with Crippen LogP contribution >= 0.6 is 0 Å². The van der Waals surface area contributed by atoms with E-state index < -0.39 is 0 Å². The number of anilines is 2. The van der Waals surface area contributed by atoms with Crippen LogP contribution in [0.25, 0.3) is 16.6 Å². The Kier molecular flexibility index (Phi) is 3.03. The Hall–Kier alpha value is -3.29. The number of rotatable bonds is 3. The predicted molar refractivity (Wildman–Crippen MR) is 94.7 cm³/mol. The molecule has 0 N–H and O–H groups in total. The number of hydrogen-bond acceptors (Lipinski definition) is 7. The summed E-state index contributed by atoms with van der Waals surface area (Å²) in [5.41, 5.74) is 1.72. The minimum Gasteiger partial charge on any atom is -0.353 e. The van der Waals surface area contributed by atoms with Gasteiger partial charge in [-0.05, 0) is 24.3 Å². The molecular weight excluding hydrogens is 316 g/mol. The monoisotopic (exact) mass is 332 g/mol. The molecule has 0 spiro atoms. The maximum absolute atomic E-state index is 4.55. The Morgan fingerprint density at radius 1 is 1.08 bits per heavy atom. The van der Waals surface area contributed by atoms with Crippen LogP contribution < -0.4 is 9.80 Å². The molecule has 1 aliphatic rings. The minimum atomic E-state index is 0.386. The van der Waals surface area contributed by atoms with Crippen molar-refractivity contribution in [1.82, 2.24) is 29.8 Å². The highest BCUT2D eigenvalue weighted by Gasteiger charge is 2.32. The number of likely N-dealkylation sites (N-methyl/N-ethyl adjacent to an activating group) is 1. The van der Waals surface area contributed by atoms with Crippen molar-refractivity contribution in [3.63, 3.8) is 0 Å². The molecule has 4 heterocycles. The second kappa shape index (κ2) is 5.37. The molecule has 124 valence electrons. The highest BCUT2D eigenvalue weighted by atomic mass is 15.4. The van der Waals surface area contributed by atoms with Crippen molar-refractivity contribution < 1.29 is 0 Å². The van der Waals surface area contributed by atoms with E-state index in [9.17, 15) is 0 Å². The maximum atomic E-state index is 4.55. The SMILES string of the molecule is CN(c1ncnc2ccccc12)C1CN(c2ccc3nncn3n2)C1. The molecule has 1 aliphatic heterocycles. The van der Waals surface area contributed by atoms with E-state index >= 15 is 0 Å². The molecule has 0 saturated carbocycles. The van der Waals surface area contributed by atoms with Crippen LogP contribution in [0.4, 0.5) is 11.6 Å². The van der Waals surface area contributed by atoms with Gasteiger partial charge in [0.2, 0.25) is 0 Å². The molecule has 0 radical (unpaired) electrons. The van der Waals surface area contributed by atoms with E-state index in [4.69, 9.17) is 0 Å². The second-order valence-electron chi connectivity index (χ2n) is 6.21. The van der Waals surface area contributed by atoms with Crippen LogP contribution in [0.1, 0.15) is 0 Å². The Morgan fingerprint density at radius 2 is 1.96 bits per heavy atom. The minimum absolute atomic E-state index is 0.386. The van der Waals surface area contributed by atoms with Crippen LogP contribution in [0.15, 0.2) is 49.1 Å². The van der Waals surface area contributed by atoms with Crippen molar-refractivity contribution in [3.05, 3.63) is 49.1 Å². The van der Waals surface area contributed by atoms with E-state index in [0.717, 1.165) is 41.3 Å². The summed E-state index contributed by atoms with van der Waals surface area (Å²) >= 11 is 0. The molecule has 3 aromatic heterocycles. The molecular formula is C17H16N8. The van der Waals surface area contributed by atoms with Crippen LogP contribution in [-0.4, -0.2) is 56.0 Å². The van der Waals surface area contributed by atoms with Gasteiger partial charge in [0, 0.05) is 25.5 Å². The Balaban J connectivity index is 1.37. The van der Waals surface area contributed by atoms with Gasteiger partial charge in [-0.3, -0.25) is 0 Å². The zero-order chi connectivity index (χ0) is 16.8. The van der Waals surface area contributed by atoms with Gasteiger partial charge in [0.15, 0.2) is 5.65 Å². The van der Waals surface area contributed by atoms with Crippen LogP contribution in [-0.2, 0) is 0 Å². The molecule has 1 aromatic carbocycles. The number of hydrogen-bond donors (Lipinski definition) is 0. The summed E-state index contributed by atoms with van der Waals surface area (Å²) in [6.07, 6.45) is 3.25. The first-order chi connectivity index (χ1) is 12.3. The van der Waals surface area contributed by atoms with Crippen molar-refractivity contribution in [3.8, 4) is 0 Å². The first-order valence-corrected chi connectivity index (χ1v) is 8.14. The fourth-order valence-corrected chi connectivity index (χ4v) is 3.22. The second-order valence-corrected chi connectivity index (χ2v) is 6.21. The van der Waals surface area contributed by atoms with E-state index in [1.807, 2.05) is 30.3 Å². The lowest BCUT2D eigenvalue weighted by Gasteiger charge is -2.45. The third-order valence-electron chi connectivity index (χ3n) is 4.74. The van der Waals surface area contributed by atoms with Crippen molar-refractivity contribution >= 4 is 28.2 Å². The molecule has 8 heteroatoms. The van der Waals surface area contributed by atoms with Crippen molar-refractivity contribution in [1.29, 1.82) is 0 Å². The summed E-state index contributed by atoms with van der Waals surface area (Å²) in [4.78, 5) is 13.3. The Labute approximate surface area is 143 Å². The highest BCUT2D eigenvalue weighted by molar-refractivity contribution is 5.89. The first kappa shape index (κ1) is 14.1. The van der Waals surface area contributed by atoms with Crippen molar-refractivity contribution in [2.24, 2.45) is 0 Å². The van der Waals surface area contributed by atoms with Crippen LogP contribution in [0.3, 0.4) is 0 Å². The number of fused-ring (bicyclic) bond motifs is 2. The Morgan fingerprint density at radius 3 is 2.88 bits per heavy atom. The van der Waals surface area contributed by atoms with E-state index in [1.54, 1.807) is 17.2 Å². The average molecular weight is 332 g/mol. The van der Waals surface area contributed by atoms with Crippen LogP contribution in [0, 0.1) is 0 Å². The number of para-hydroxylation sites is 1. The molecule has 0 atom stereocenters. The Bertz CT molecular complexity index is 1050. The van der Waals surface area contributed by atoms with Gasteiger partial charge in [-0.2, -0.15) is 4.52 Å². The molecule has 8 nitrogen and oxygen atoms in total. The number of nitrogens with zero attached hydrogens (tertiary/aromatic N) is 8. The smallest absolute Gasteiger partial charge is 0.177 e. The summed E-state index contributed by atoms with van der Waals surface area (Å²) in [5, 5.41) is 13.5. The molecule has 0 bridgehead atoms. The van der Waals surface area contributed by atoms with E-state index in [-0.39, 0.29) is 0 Å². The van der Waals surface area contributed by atoms with Gasteiger partial charge in [-0.1, -0.05) is 12.1 Å². The molecule has 4 aromatic rings. The van der Waals surface area contributed by atoms with Gasteiger partial charge in [0.05, 0.1) is 11.6 Å². The van der Waals surface area contributed by atoms with Crippen molar-refractivity contribution in [2.45, 2.75) is 6.04 Å².